The molecule has 0 N–H and O–H groups in total. The monoisotopic (exact) mass is 1110 g/mol. The van der Waals surface area contributed by atoms with Gasteiger partial charge in [0.2, 0.25) is 0 Å². The molecule has 10 heteroatoms. The van der Waals surface area contributed by atoms with Crippen molar-refractivity contribution in [3.8, 4) is 0 Å². The average Bonchev–Trinajstić information content (AvgIpc) is 3.91. The van der Waals surface area contributed by atoms with Gasteiger partial charge in [0.15, 0.2) is 0 Å². The van der Waals surface area contributed by atoms with E-state index in [1.165, 1.54) is 162 Å². The Morgan fingerprint density at radius 2 is 0.615 bits per heavy atom. The number of likely N-dealkylation sites (tertiary alicyclic amines) is 2. The van der Waals surface area contributed by atoms with Crippen molar-refractivity contribution in [1.82, 2.24) is 48.8 Å². The second-order valence-corrected chi connectivity index (χ2v) is 19.4. The molecule has 6 aliphatic rings. The minimum Gasteiger partial charge on any atom is -0.341 e. The third kappa shape index (κ3) is 59.5. The van der Waals surface area contributed by atoms with E-state index in [0.29, 0.717) is 6.04 Å². The summed E-state index contributed by atoms with van der Waals surface area (Å²) in [5.74, 6) is 2.04. The Hall–Kier alpha value is -2.67. The van der Waals surface area contributed by atoms with Gasteiger partial charge in [0.1, 0.15) is 0 Å². The van der Waals surface area contributed by atoms with Crippen molar-refractivity contribution in [3.63, 3.8) is 0 Å². The Kier molecular flexibility index (Phi) is 88.1. The van der Waals surface area contributed by atoms with Gasteiger partial charge in [-0.15, -0.1) is 0 Å². The van der Waals surface area contributed by atoms with Crippen LogP contribution in [0.15, 0.2) is 85.5 Å². The van der Waals surface area contributed by atoms with Gasteiger partial charge in [-0.05, 0) is 119 Å². The van der Waals surface area contributed by atoms with Crippen LogP contribution in [0.2, 0.25) is 0 Å². The van der Waals surface area contributed by atoms with Crippen molar-refractivity contribution in [1.29, 1.82) is 0 Å². The average molecular weight is 1110 g/mol. The molecule has 1 atom stereocenters. The minimum atomic E-state index is 0. The maximum atomic E-state index is 3.78. The summed E-state index contributed by atoms with van der Waals surface area (Å²) in [5, 5.41) is 0. The van der Waals surface area contributed by atoms with E-state index in [1.54, 1.807) is 12.5 Å². The third-order valence-corrected chi connectivity index (χ3v) is 13.1. The fraction of sp³-hybridized carbons (Fsp3) is 0.779. The molecule has 6 heterocycles. The smallest absolute Gasteiger partial charge is 0.0943 e. The van der Waals surface area contributed by atoms with Crippen LogP contribution in [0.1, 0.15) is 191 Å². The maximum absolute atomic E-state index is 3.78. The molecule has 0 amide bonds. The molecule has 1 unspecified atom stereocenters. The molecule has 1 aliphatic carbocycles. The van der Waals surface area contributed by atoms with Gasteiger partial charge >= 0.3 is 0 Å². The van der Waals surface area contributed by atoms with E-state index >= 15 is 0 Å². The number of piperazine rings is 3. The second-order valence-electron chi connectivity index (χ2n) is 19.4. The van der Waals surface area contributed by atoms with Crippen LogP contribution in [-0.4, -0.2) is 203 Å². The molecule has 9 rings (SSSR count). The van der Waals surface area contributed by atoms with E-state index in [2.05, 4.69) is 145 Å². The Bertz CT molecular complexity index is 1270. The molecule has 472 valence electrons. The van der Waals surface area contributed by atoms with E-state index < -0.39 is 0 Å². The molecule has 1 aromatic heterocycles. The zero-order valence-corrected chi connectivity index (χ0v) is 50.8. The maximum Gasteiger partial charge on any atom is 0.0943 e. The zero-order valence-electron chi connectivity index (χ0n) is 50.8. The van der Waals surface area contributed by atoms with Crippen LogP contribution in [0, 0.1) is 11.8 Å². The number of rotatable bonds is 2. The highest BCUT2D eigenvalue weighted by atomic mass is 15.3. The number of aryl methyl sites for hydroxylation is 1. The number of benzene rings is 2. The van der Waals surface area contributed by atoms with Crippen LogP contribution >= 0.6 is 0 Å². The number of aromatic nitrogens is 2. The van der Waals surface area contributed by atoms with Gasteiger partial charge in [0.05, 0.1) is 6.33 Å². The summed E-state index contributed by atoms with van der Waals surface area (Å²) in [6.07, 6.45) is 17.0. The van der Waals surface area contributed by atoms with Gasteiger partial charge in [0.25, 0.3) is 0 Å². The summed E-state index contributed by atoms with van der Waals surface area (Å²) >= 11 is 0. The molecule has 0 radical (unpaired) electrons. The van der Waals surface area contributed by atoms with E-state index in [9.17, 15) is 0 Å². The minimum absolute atomic E-state index is 0. The number of likely N-dealkylation sites (N-methyl/N-ethyl adjacent to an activating group) is 5. The van der Waals surface area contributed by atoms with Crippen LogP contribution in [0.4, 0.5) is 0 Å². The van der Waals surface area contributed by atoms with Crippen molar-refractivity contribution in [2.75, 3.05) is 154 Å². The fourth-order valence-electron chi connectivity index (χ4n) is 7.63. The largest absolute Gasteiger partial charge is 0.341 e. The zero-order chi connectivity index (χ0) is 54.1. The first-order valence-electron chi connectivity index (χ1n) is 28.8. The highest BCUT2D eigenvalue weighted by Gasteiger charge is 2.20. The van der Waals surface area contributed by atoms with Crippen molar-refractivity contribution >= 4 is 0 Å². The summed E-state index contributed by atoms with van der Waals surface area (Å²) in [4.78, 5) is 22.9. The lowest BCUT2D eigenvalue weighted by Gasteiger charge is -2.36. The summed E-state index contributed by atoms with van der Waals surface area (Å²) in [6.45, 7) is 42.9. The van der Waals surface area contributed by atoms with E-state index in [0.717, 1.165) is 11.8 Å². The topological polar surface area (TPSA) is 43.7 Å². The Morgan fingerprint density at radius 3 is 0.821 bits per heavy atom. The lowest BCUT2D eigenvalue weighted by atomic mass is 9.84. The van der Waals surface area contributed by atoms with Crippen molar-refractivity contribution in [2.45, 2.75) is 186 Å². The van der Waals surface area contributed by atoms with Crippen molar-refractivity contribution in [2.24, 2.45) is 18.9 Å². The predicted molar refractivity (Wildman–Crippen MR) is 366 cm³/mol. The molecular formula is C68H150N10. The van der Waals surface area contributed by atoms with Gasteiger partial charge in [-0.2, -0.15) is 0 Å². The summed E-state index contributed by atoms with van der Waals surface area (Å²) in [7, 11) is 17.2. The van der Waals surface area contributed by atoms with Gasteiger partial charge in [-0.3, -0.25) is 4.90 Å². The Balaban J connectivity index is -0.0000000836. The van der Waals surface area contributed by atoms with Gasteiger partial charge in [0, 0.05) is 104 Å². The standard InChI is InChI=1S/C13H20N2.C8H16.2C6H14N2.C6H13N.C6H6.C4H6N2.C4H9N.4C2H6.7CH4/c1-12(13-6-4-3-5-7-13)15-10-8-14(2)9-11-15;3*1-7-3-5-8(2)6-4-7;1-7-5-3-2-4-6-7;1-2-4-6-5-3-1;1-6-3-2-5-4-6;1-5-3-2-4-5;4*1-2;;;;;;;/h3-7,12H,8-11H2,1-2H3;7-8H,3-6H2,1-2H3;2*3-6H2,1-2H3;2-6H2,1H3;1-6H;2-4H,1H3;2-4H2,1H3;4*1-2H3;7*1H4. The predicted octanol–water partition coefficient (Wildman–Crippen LogP) is 16.6. The lowest BCUT2D eigenvalue weighted by Crippen LogP contribution is -2.45. The molecule has 6 fully saturated rings. The first kappa shape index (κ1) is 97.5. The third-order valence-electron chi connectivity index (χ3n) is 13.1. The molecule has 2 aromatic carbocycles. The van der Waals surface area contributed by atoms with Crippen LogP contribution in [0.25, 0.3) is 0 Å². The Morgan fingerprint density at radius 1 is 0.359 bits per heavy atom. The highest BCUT2D eigenvalue weighted by molar-refractivity contribution is 5.18. The first-order valence-corrected chi connectivity index (χ1v) is 28.8. The molecule has 5 aliphatic heterocycles. The van der Waals surface area contributed by atoms with Crippen molar-refractivity contribution in [3.05, 3.63) is 91.0 Å². The second kappa shape index (κ2) is 70.4. The lowest BCUT2D eigenvalue weighted by molar-refractivity contribution is 0.119. The van der Waals surface area contributed by atoms with Gasteiger partial charge in [-0.25, -0.2) is 4.98 Å². The fourth-order valence-corrected chi connectivity index (χ4v) is 7.63. The summed E-state index contributed by atoms with van der Waals surface area (Å²) in [5.41, 5.74) is 1.43. The normalized spacial score (nSPS) is 19.1. The van der Waals surface area contributed by atoms with E-state index in [4.69, 9.17) is 0 Å². The molecule has 5 saturated heterocycles. The van der Waals surface area contributed by atoms with E-state index in [1.807, 2.05) is 110 Å². The van der Waals surface area contributed by atoms with Crippen molar-refractivity contribution < 1.29 is 0 Å². The molecule has 0 spiro atoms. The molecule has 3 aromatic rings. The van der Waals surface area contributed by atoms with Crippen LogP contribution < -0.4 is 0 Å². The van der Waals surface area contributed by atoms with Crippen LogP contribution in [0.5, 0.6) is 0 Å². The first-order chi connectivity index (χ1) is 34.3. The molecule has 0 bridgehead atoms. The SMILES string of the molecule is C.C.C.C.C.C.C.CC.CC.CC.CC.CC(c1ccccc1)N1CCN(C)CC1.CC1CCC(C)CC1.CN1CCC1.CN1CCCCC1.CN1CCN(C)CC1.CN1CCN(C)CC1.Cn1ccnc1.c1ccccc1. The quantitative estimate of drug-likeness (QED) is 0.250. The number of nitrogens with zero attached hydrogens (tertiary/aromatic N) is 10. The van der Waals surface area contributed by atoms with Gasteiger partial charge in [-0.1, -0.05) is 220 Å². The molecule has 10 nitrogen and oxygen atoms in total. The van der Waals surface area contributed by atoms with Crippen LogP contribution in [0.3, 0.4) is 0 Å². The summed E-state index contributed by atoms with van der Waals surface area (Å²) in [6, 6.07) is 23.3. The number of hydrogen-bond donors (Lipinski definition) is 0. The molecule has 78 heavy (non-hydrogen) atoms. The highest BCUT2D eigenvalue weighted by Crippen LogP contribution is 2.27. The Labute approximate surface area is 496 Å². The summed E-state index contributed by atoms with van der Waals surface area (Å²) < 4.78 is 1.89. The molecular weight excluding hydrogens is 957 g/mol. The number of piperidine rings is 1. The van der Waals surface area contributed by atoms with E-state index in [-0.39, 0.29) is 52.0 Å². The van der Waals surface area contributed by atoms with Crippen LogP contribution in [-0.2, 0) is 7.05 Å². The number of imidazole rings is 1. The number of hydrogen-bond acceptors (Lipinski definition) is 9. The molecule has 1 saturated carbocycles. The van der Waals surface area contributed by atoms with Gasteiger partial charge < -0.3 is 38.9 Å².